The van der Waals surface area contributed by atoms with Gasteiger partial charge in [0.2, 0.25) is 6.10 Å². The first-order valence-corrected chi connectivity index (χ1v) is 9.33. The molecule has 10 heteroatoms. The molecule has 0 saturated heterocycles. The van der Waals surface area contributed by atoms with Crippen LogP contribution in [0.25, 0.3) is 0 Å². The summed E-state index contributed by atoms with van der Waals surface area (Å²) in [5.74, 6) is -1.94. The number of ether oxygens (including phenoxy) is 1. The second-order valence-electron chi connectivity index (χ2n) is 6.74. The highest BCUT2D eigenvalue weighted by atomic mass is 16.6. The van der Waals surface area contributed by atoms with Crippen molar-refractivity contribution in [3.05, 3.63) is 110 Å². The van der Waals surface area contributed by atoms with E-state index in [-0.39, 0.29) is 22.5 Å². The van der Waals surface area contributed by atoms with Gasteiger partial charge < -0.3 is 10.1 Å². The summed E-state index contributed by atoms with van der Waals surface area (Å²) in [6, 6.07) is 17.4. The van der Waals surface area contributed by atoms with Gasteiger partial charge in [0.1, 0.15) is 11.3 Å². The predicted molar refractivity (Wildman–Crippen MR) is 114 cm³/mol. The Balaban J connectivity index is 1.95. The molecule has 0 saturated carbocycles. The van der Waals surface area contributed by atoms with Crippen molar-refractivity contribution in [1.82, 2.24) is 0 Å². The monoisotopic (exact) mass is 435 g/mol. The van der Waals surface area contributed by atoms with Crippen LogP contribution in [0, 0.1) is 27.2 Å². The summed E-state index contributed by atoms with van der Waals surface area (Å²) in [5, 5.41) is 25.0. The minimum atomic E-state index is -1.51. The lowest BCUT2D eigenvalue weighted by Crippen LogP contribution is -2.26. The van der Waals surface area contributed by atoms with Crippen LogP contribution < -0.4 is 5.32 Å². The molecule has 1 atom stereocenters. The van der Waals surface area contributed by atoms with E-state index in [4.69, 9.17) is 4.74 Å². The molecule has 162 valence electrons. The average Bonchev–Trinajstić information content (AvgIpc) is 2.78. The van der Waals surface area contributed by atoms with Gasteiger partial charge in [0.15, 0.2) is 0 Å². The van der Waals surface area contributed by atoms with E-state index in [2.05, 4.69) is 5.32 Å². The lowest BCUT2D eigenvalue weighted by Gasteiger charge is -2.18. The smallest absolute Gasteiger partial charge is 0.346 e. The number of nitro groups is 2. The van der Waals surface area contributed by atoms with E-state index in [1.54, 1.807) is 31.2 Å². The van der Waals surface area contributed by atoms with Crippen LogP contribution >= 0.6 is 0 Å². The van der Waals surface area contributed by atoms with Crippen molar-refractivity contribution in [2.24, 2.45) is 0 Å². The Labute approximate surface area is 181 Å². The molecule has 10 nitrogen and oxygen atoms in total. The fourth-order valence-electron chi connectivity index (χ4n) is 2.97. The van der Waals surface area contributed by atoms with E-state index in [0.717, 1.165) is 6.07 Å². The number of para-hydroxylation sites is 1. The van der Waals surface area contributed by atoms with Crippen molar-refractivity contribution in [3.63, 3.8) is 0 Å². The first-order chi connectivity index (χ1) is 15.3. The number of rotatable bonds is 7. The van der Waals surface area contributed by atoms with Gasteiger partial charge in [-0.3, -0.25) is 25.0 Å². The Morgan fingerprint density at radius 1 is 0.875 bits per heavy atom. The number of hydrogen-bond donors (Lipinski definition) is 1. The number of nitrogens with zero attached hydrogens (tertiary/aromatic N) is 2. The first-order valence-electron chi connectivity index (χ1n) is 9.33. The molecule has 32 heavy (non-hydrogen) atoms. The van der Waals surface area contributed by atoms with Gasteiger partial charge in [-0.25, -0.2) is 4.79 Å². The topological polar surface area (TPSA) is 142 Å². The van der Waals surface area contributed by atoms with Crippen LogP contribution in [0.3, 0.4) is 0 Å². The van der Waals surface area contributed by atoms with Crippen molar-refractivity contribution < 1.29 is 24.2 Å². The predicted octanol–water partition coefficient (Wildman–Crippen LogP) is 4.35. The summed E-state index contributed by atoms with van der Waals surface area (Å²) in [4.78, 5) is 47.0. The zero-order valence-electron chi connectivity index (χ0n) is 16.8. The average molecular weight is 435 g/mol. The Hall–Kier alpha value is -4.60. The number of amides is 1. The van der Waals surface area contributed by atoms with E-state index in [1.807, 2.05) is 0 Å². The molecule has 3 rings (SSSR count). The zero-order chi connectivity index (χ0) is 23.3. The molecule has 0 spiro atoms. The summed E-state index contributed by atoms with van der Waals surface area (Å²) in [7, 11) is 0. The molecule has 0 heterocycles. The molecule has 0 aliphatic carbocycles. The number of carbonyl (C=O) groups excluding carboxylic acids is 2. The minimum Gasteiger partial charge on any atom is -0.443 e. The van der Waals surface area contributed by atoms with Crippen molar-refractivity contribution in [3.8, 4) is 0 Å². The van der Waals surface area contributed by atoms with E-state index >= 15 is 0 Å². The number of aryl methyl sites for hydroxylation is 1. The Morgan fingerprint density at radius 3 is 2.16 bits per heavy atom. The number of esters is 1. The standard InChI is InChI=1S/C22H17N3O7/c1-14-11-12-17(19(13-14)25(30)31)23-21(26)20(15-7-3-2-4-8-15)32-22(27)16-9-5-6-10-18(16)24(28)29/h2-13,20H,1H3,(H,23,26). The second-order valence-corrected chi connectivity index (χ2v) is 6.74. The minimum absolute atomic E-state index is 0.0757. The molecule has 3 aromatic carbocycles. The summed E-state index contributed by atoms with van der Waals surface area (Å²) < 4.78 is 5.35. The normalized spacial score (nSPS) is 11.3. The number of carbonyl (C=O) groups is 2. The second kappa shape index (κ2) is 9.47. The van der Waals surface area contributed by atoms with Crippen LogP contribution in [-0.4, -0.2) is 21.7 Å². The SMILES string of the molecule is Cc1ccc(NC(=O)C(OC(=O)c2ccccc2[N+](=O)[O-])c2ccccc2)c([N+](=O)[O-])c1. The quantitative estimate of drug-likeness (QED) is 0.330. The van der Waals surface area contributed by atoms with Crippen LogP contribution in [0.2, 0.25) is 0 Å². The van der Waals surface area contributed by atoms with Crippen LogP contribution in [0.15, 0.2) is 72.8 Å². The van der Waals surface area contributed by atoms with E-state index in [0.29, 0.717) is 5.56 Å². The fraction of sp³-hybridized carbons (Fsp3) is 0.0909. The van der Waals surface area contributed by atoms with Crippen LogP contribution in [0.1, 0.15) is 27.6 Å². The molecule has 1 unspecified atom stereocenters. The third kappa shape index (κ3) is 4.93. The summed E-state index contributed by atoms with van der Waals surface area (Å²) in [5.41, 5.74) is -0.293. The molecule has 0 fully saturated rings. The van der Waals surface area contributed by atoms with Crippen LogP contribution in [0.5, 0.6) is 0 Å². The van der Waals surface area contributed by atoms with Gasteiger partial charge in [-0.1, -0.05) is 48.5 Å². The lowest BCUT2D eigenvalue weighted by atomic mass is 10.1. The third-order valence-electron chi connectivity index (χ3n) is 4.49. The lowest BCUT2D eigenvalue weighted by molar-refractivity contribution is -0.385. The van der Waals surface area contributed by atoms with Gasteiger partial charge in [-0.15, -0.1) is 0 Å². The van der Waals surface area contributed by atoms with Crippen molar-refractivity contribution in [2.45, 2.75) is 13.0 Å². The maximum Gasteiger partial charge on any atom is 0.346 e. The summed E-state index contributed by atoms with van der Waals surface area (Å²) in [6.45, 7) is 1.67. The molecule has 0 aliphatic heterocycles. The number of hydrogen-bond acceptors (Lipinski definition) is 7. The van der Waals surface area contributed by atoms with Gasteiger partial charge in [-0.05, 0) is 24.6 Å². The Morgan fingerprint density at radius 2 is 1.50 bits per heavy atom. The van der Waals surface area contributed by atoms with Gasteiger partial charge in [-0.2, -0.15) is 0 Å². The summed E-state index contributed by atoms with van der Waals surface area (Å²) in [6.07, 6.45) is -1.51. The van der Waals surface area contributed by atoms with E-state index < -0.39 is 33.5 Å². The number of nitrogens with one attached hydrogen (secondary N) is 1. The molecule has 0 bridgehead atoms. The molecular formula is C22H17N3O7. The number of nitro benzene ring substituents is 2. The third-order valence-corrected chi connectivity index (χ3v) is 4.49. The Bertz CT molecular complexity index is 1200. The summed E-state index contributed by atoms with van der Waals surface area (Å²) >= 11 is 0. The van der Waals surface area contributed by atoms with Crippen molar-refractivity contribution in [2.75, 3.05) is 5.32 Å². The zero-order valence-corrected chi connectivity index (χ0v) is 16.8. The van der Waals surface area contributed by atoms with Crippen LogP contribution in [0.4, 0.5) is 17.1 Å². The fourth-order valence-corrected chi connectivity index (χ4v) is 2.97. The highest BCUT2D eigenvalue weighted by Crippen LogP contribution is 2.29. The highest BCUT2D eigenvalue weighted by Gasteiger charge is 2.30. The maximum absolute atomic E-state index is 13.0. The van der Waals surface area contributed by atoms with Gasteiger partial charge in [0, 0.05) is 17.7 Å². The van der Waals surface area contributed by atoms with E-state index in [9.17, 15) is 29.8 Å². The maximum atomic E-state index is 13.0. The molecule has 0 radical (unpaired) electrons. The molecule has 0 aliphatic rings. The van der Waals surface area contributed by atoms with Crippen molar-refractivity contribution in [1.29, 1.82) is 0 Å². The van der Waals surface area contributed by atoms with Gasteiger partial charge in [0.25, 0.3) is 17.3 Å². The van der Waals surface area contributed by atoms with Gasteiger partial charge in [0.05, 0.1) is 9.85 Å². The number of anilines is 1. The van der Waals surface area contributed by atoms with Crippen LogP contribution in [-0.2, 0) is 9.53 Å². The Kier molecular flexibility index (Phi) is 6.54. The number of benzene rings is 3. The van der Waals surface area contributed by atoms with Crippen molar-refractivity contribution >= 4 is 28.9 Å². The highest BCUT2D eigenvalue weighted by molar-refractivity contribution is 6.00. The first kappa shape index (κ1) is 22.1. The molecule has 1 amide bonds. The molecule has 0 aromatic heterocycles. The van der Waals surface area contributed by atoms with E-state index in [1.165, 1.54) is 42.5 Å². The molecular weight excluding hydrogens is 418 g/mol. The molecule has 1 N–H and O–H groups in total. The molecule has 3 aromatic rings. The largest absolute Gasteiger partial charge is 0.443 e. The van der Waals surface area contributed by atoms with Gasteiger partial charge >= 0.3 is 5.97 Å².